The topological polar surface area (TPSA) is 88.6 Å². The highest BCUT2D eigenvalue weighted by atomic mass is 32.2. The summed E-state index contributed by atoms with van der Waals surface area (Å²) in [7, 11) is -2.77. The Hall–Kier alpha value is -3.23. The van der Waals surface area contributed by atoms with Gasteiger partial charge in [-0.2, -0.15) is 0 Å². The minimum atomic E-state index is -2.77. The molecule has 1 amide bonds. The number of carbonyl (C=O) groups is 1. The minimum Gasteiger partial charge on any atom is -0.492 e. The number of hydrogen-bond donors (Lipinski definition) is 1. The number of aryl methyl sites for hydroxylation is 1. The molecule has 1 aromatic heterocycles. The van der Waals surface area contributed by atoms with Crippen LogP contribution in [0.25, 0.3) is 11.1 Å². The van der Waals surface area contributed by atoms with Crippen molar-refractivity contribution in [2.24, 2.45) is 5.41 Å². The fourth-order valence-electron chi connectivity index (χ4n) is 5.19. The summed E-state index contributed by atoms with van der Waals surface area (Å²) in [5, 5.41) is 2.93. The van der Waals surface area contributed by atoms with Crippen molar-refractivity contribution in [2.45, 2.75) is 19.9 Å². The van der Waals surface area contributed by atoms with Crippen LogP contribution >= 0.6 is 0 Å². The van der Waals surface area contributed by atoms with E-state index in [0.717, 1.165) is 53.3 Å². The van der Waals surface area contributed by atoms with E-state index >= 15 is 0 Å². The standard InChI is InChI=1S/C28H31N3O4S/c1-21-13-25(35-12-11-31-17-28(18-31)19-36(33,34)20-28)9-10-26(21)23-7-8-24(29-16-23)14-27(32)30-15-22-5-3-2-4-6-22/h2-10,13,16H,11-12,14-15,17-20H2,1H3,(H,30,32). The SMILES string of the molecule is Cc1cc(OCCN2CC3(C2)CS(=O)(=O)C3)ccc1-c1ccc(CC(=O)NCc2ccccc2)nc1. The van der Waals surface area contributed by atoms with Crippen LogP contribution in [0, 0.1) is 12.3 Å². The molecule has 8 heteroatoms. The average molecular weight is 506 g/mol. The number of nitrogens with zero attached hydrogens (tertiary/aromatic N) is 2. The molecule has 0 saturated carbocycles. The van der Waals surface area contributed by atoms with Crippen molar-refractivity contribution < 1.29 is 17.9 Å². The van der Waals surface area contributed by atoms with Crippen molar-refractivity contribution in [3.05, 3.63) is 83.7 Å². The summed E-state index contributed by atoms with van der Waals surface area (Å²) in [6.07, 6.45) is 2.05. The van der Waals surface area contributed by atoms with Gasteiger partial charge in [-0.05, 0) is 41.8 Å². The van der Waals surface area contributed by atoms with Crippen LogP contribution in [0.1, 0.15) is 16.8 Å². The number of ether oxygens (including phenoxy) is 1. The Bertz CT molecular complexity index is 1320. The number of nitrogens with one attached hydrogen (secondary N) is 1. The van der Waals surface area contributed by atoms with E-state index in [-0.39, 0.29) is 17.7 Å². The number of hydrogen-bond acceptors (Lipinski definition) is 6. The molecule has 36 heavy (non-hydrogen) atoms. The highest BCUT2D eigenvalue weighted by Crippen LogP contribution is 2.41. The highest BCUT2D eigenvalue weighted by Gasteiger charge is 2.55. The van der Waals surface area contributed by atoms with E-state index in [4.69, 9.17) is 4.74 Å². The van der Waals surface area contributed by atoms with Crippen molar-refractivity contribution in [1.82, 2.24) is 15.2 Å². The summed E-state index contributed by atoms with van der Waals surface area (Å²) in [5.41, 5.74) is 4.98. The van der Waals surface area contributed by atoms with Gasteiger partial charge in [-0.15, -0.1) is 0 Å². The summed E-state index contributed by atoms with van der Waals surface area (Å²) in [6.45, 7) is 5.63. The van der Waals surface area contributed by atoms with E-state index in [1.54, 1.807) is 0 Å². The van der Waals surface area contributed by atoms with Crippen LogP contribution < -0.4 is 10.1 Å². The van der Waals surface area contributed by atoms with Crippen molar-refractivity contribution in [3.8, 4) is 16.9 Å². The predicted octanol–water partition coefficient (Wildman–Crippen LogP) is 3.03. The molecule has 1 spiro atoms. The maximum Gasteiger partial charge on any atom is 0.226 e. The van der Waals surface area contributed by atoms with Gasteiger partial charge in [-0.3, -0.25) is 14.7 Å². The molecule has 2 aliphatic rings. The number of benzene rings is 2. The number of rotatable bonds is 9. The molecule has 5 rings (SSSR count). The molecule has 0 atom stereocenters. The summed E-state index contributed by atoms with van der Waals surface area (Å²) < 4.78 is 28.8. The zero-order valence-electron chi connectivity index (χ0n) is 20.4. The Morgan fingerprint density at radius 1 is 1.08 bits per heavy atom. The smallest absolute Gasteiger partial charge is 0.226 e. The first-order chi connectivity index (χ1) is 17.3. The van der Waals surface area contributed by atoms with Gasteiger partial charge in [0.2, 0.25) is 5.91 Å². The highest BCUT2D eigenvalue weighted by molar-refractivity contribution is 7.92. The lowest BCUT2D eigenvalue weighted by molar-refractivity contribution is -0.120. The van der Waals surface area contributed by atoms with Crippen LogP contribution in [-0.4, -0.2) is 62.0 Å². The third-order valence-corrected chi connectivity index (χ3v) is 8.96. The Labute approximate surface area is 212 Å². The quantitative estimate of drug-likeness (QED) is 0.481. The lowest BCUT2D eigenvalue weighted by atomic mass is 9.83. The molecule has 0 radical (unpaired) electrons. The Kier molecular flexibility index (Phi) is 6.81. The van der Waals surface area contributed by atoms with Crippen LogP contribution in [-0.2, 0) is 27.6 Å². The normalized spacial score (nSPS) is 17.7. The summed E-state index contributed by atoms with van der Waals surface area (Å²) in [6, 6.07) is 19.7. The molecule has 0 unspecified atom stereocenters. The number of carbonyl (C=O) groups excluding carboxylic acids is 1. The molecule has 1 N–H and O–H groups in total. The van der Waals surface area contributed by atoms with Crippen LogP contribution in [0.15, 0.2) is 66.9 Å². The third kappa shape index (κ3) is 5.77. The van der Waals surface area contributed by atoms with Crippen molar-refractivity contribution in [3.63, 3.8) is 0 Å². The first kappa shape index (κ1) is 24.5. The van der Waals surface area contributed by atoms with Gasteiger partial charge in [0, 0.05) is 49.0 Å². The van der Waals surface area contributed by atoms with Gasteiger partial charge in [0.1, 0.15) is 12.4 Å². The van der Waals surface area contributed by atoms with E-state index in [9.17, 15) is 13.2 Å². The van der Waals surface area contributed by atoms with E-state index < -0.39 is 9.84 Å². The number of aromatic nitrogens is 1. The van der Waals surface area contributed by atoms with Gasteiger partial charge in [-0.1, -0.05) is 42.5 Å². The molecule has 188 valence electrons. The average Bonchev–Trinajstić information content (AvgIpc) is 2.82. The lowest BCUT2D eigenvalue weighted by Gasteiger charge is -2.54. The van der Waals surface area contributed by atoms with Gasteiger partial charge >= 0.3 is 0 Å². The molecule has 2 aliphatic heterocycles. The maximum atomic E-state index is 12.3. The second-order valence-corrected chi connectivity index (χ2v) is 12.1. The fraction of sp³-hybridized carbons (Fsp3) is 0.357. The molecule has 3 heterocycles. The van der Waals surface area contributed by atoms with E-state index in [0.29, 0.717) is 24.7 Å². The monoisotopic (exact) mass is 505 g/mol. The first-order valence-electron chi connectivity index (χ1n) is 12.2. The maximum absolute atomic E-state index is 12.3. The van der Waals surface area contributed by atoms with Crippen molar-refractivity contribution in [1.29, 1.82) is 0 Å². The van der Waals surface area contributed by atoms with Gasteiger partial charge < -0.3 is 10.1 Å². The third-order valence-electron chi connectivity index (χ3n) is 6.85. The molecule has 7 nitrogen and oxygen atoms in total. The van der Waals surface area contributed by atoms with E-state index in [2.05, 4.69) is 15.2 Å². The van der Waals surface area contributed by atoms with Gasteiger partial charge in [0.25, 0.3) is 0 Å². The zero-order valence-corrected chi connectivity index (χ0v) is 21.3. The molecule has 0 aliphatic carbocycles. The molecule has 0 bridgehead atoms. The molecule has 2 fully saturated rings. The Morgan fingerprint density at radius 2 is 1.86 bits per heavy atom. The van der Waals surface area contributed by atoms with Gasteiger partial charge in [0.05, 0.1) is 17.9 Å². The van der Waals surface area contributed by atoms with E-state index in [1.165, 1.54) is 0 Å². The molecular formula is C28H31N3O4S. The molecular weight excluding hydrogens is 474 g/mol. The number of sulfone groups is 1. The Balaban J connectivity index is 1.08. The number of likely N-dealkylation sites (tertiary alicyclic amines) is 1. The van der Waals surface area contributed by atoms with Gasteiger partial charge in [0.15, 0.2) is 9.84 Å². The van der Waals surface area contributed by atoms with Crippen molar-refractivity contribution >= 4 is 15.7 Å². The summed E-state index contributed by atoms with van der Waals surface area (Å²) in [4.78, 5) is 19.0. The predicted molar refractivity (Wildman–Crippen MR) is 139 cm³/mol. The largest absolute Gasteiger partial charge is 0.492 e. The number of pyridine rings is 1. The molecule has 2 saturated heterocycles. The van der Waals surface area contributed by atoms with Crippen LogP contribution in [0.2, 0.25) is 0 Å². The van der Waals surface area contributed by atoms with Crippen molar-refractivity contribution in [2.75, 3.05) is 37.7 Å². The summed E-state index contributed by atoms with van der Waals surface area (Å²) >= 11 is 0. The second-order valence-electron chi connectivity index (χ2n) is 10.0. The zero-order chi connectivity index (χ0) is 25.2. The fourth-order valence-corrected chi connectivity index (χ4v) is 7.33. The number of amides is 1. The van der Waals surface area contributed by atoms with Crippen LogP contribution in [0.3, 0.4) is 0 Å². The van der Waals surface area contributed by atoms with Crippen LogP contribution in [0.4, 0.5) is 0 Å². The molecule has 3 aromatic rings. The summed E-state index contributed by atoms with van der Waals surface area (Å²) in [5.74, 6) is 1.45. The van der Waals surface area contributed by atoms with Crippen LogP contribution in [0.5, 0.6) is 5.75 Å². The van der Waals surface area contributed by atoms with Gasteiger partial charge in [-0.25, -0.2) is 8.42 Å². The second kappa shape index (κ2) is 10.0. The lowest BCUT2D eigenvalue weighted by Crippen LogP contribution is -2.68. The van der Waals surface area contributed by atoms with E-state index in [1.807, 2.05) is 73.8 Å². The first-order valence-corrected chi connectivity index (χ1v) is 14.0. The minimum absolute atomic E-state index is 0.0205. The Morgan fingerprint density at radius 3 is 2.53 bits per heavy atom. The molecule has 2 aromatic carbocycles.